The Bertz CT molecular complexity index is 1400. The summed E-state index contributed by atoms with van der Waals surface area (Å²) in [5.74, 6) is 1.16. The Balaban J connectivity index is 1.14. The highest BCUT2D eigenvalue weighted by atomic mass is 32.2. The van der Waals surface area contributed by atoms with E-state index >= 15 is 0 Å². The first-order chi connectivity index (χ1) is 17.5. The molecule has 0 aliphatic carbocycles. The molecule has 0 spiro atoms. The second kappa shape index (κ2) is 10.1. The van der Waals surface area contributed by atoms with Gasteiger partial charge in [0.2, 0.25) is 11.9 Å². The molecule has 12 heteroatoms. The van der Waals surface area contributed by atoms with Crippen molar-refractivity contribution in [2.75, 3.05) is 28.0 Å². The molecular weight excluding hydrogens is 482 g/mol. The lowest BCUT2D eigenvalue weighted by atomic mass is 9.96. The molecule has 0 saturated carbocycles. The minimum absolute atomic E-state index is 0.0133. The third-order valence-electron chi connectivity index (χ3n) is 5.84. The molecule has 2 N–H and O–H groups in total. The van der Waals surface area contributed by atoms with Crippen molar-refractivity contribution in [3.63, 3.8) is 0 Å². The molecule has 1 aliphatic heterocycles. The van der Waals surface area contributed by atoms with Crippen LogP contribution in [0.5, 0.6) is 0 Å². The first-order valence-electron chi connectivity index (χ1n) is 11.3. The minimum Gasteiger partial charge on any atom is -0.463 e. The van der Waals surface area contributed by atoms with Gasteiger partial charge in [0.1, 0.15) is 5.69 Å². The number of hydrogen-bond donors (Lipinski definition) is 2. The summed E-state index contributed by atoms with van der Waals surface area (Å²) >= 11 is 0. The molecule has 1 aliphatic rings. The summed E-state index contributed by atoms with van der Waals surface area (Å²) in [6.45, 7) is 1.36. The van der Waals surface area contributed by atoms with Gasteiger partial charge in [0, 0.05) is 37.1 Å². The molecule has 3 aromatic heterocycles. The van der Waals surface area contributed by atoms with Crippen LogP contribution in [0.15, 0.2) is 82.6 Å². The van der Waals surface area contributed by atoms with Gasteiger partial charge in [0.05, 0.1) is 11.2 Å². The van der Waals surface area contributed by atoms with Crippen molar-refractivity contribution in [1.29, 1.82) is 0 Å². The lowest BCUT2D eigenvalue weighted by Crippen LogP contribution is -2.38. The average molecular weight is 506 g/mol. The number of sulfonamides is 1. The molecule has 4 heterocycles. The third-order valence-corrected chi connectivity index (χ3v) is 7.18. The molecule has 1 saturated heterocycles. The molecule has 5 rings (SSSR count). The molecule has 0 radical (unpaired) electrons. The number of aromatic nitrogens is 4. The number of amides is 1. The maximum Gasteiger partial charge on any atom is 0.264 e. The molecule has 0 bridgehead atoms. The van der Waals surface area contributed by atoms with E-state index in [0.717, 1.165) is 5.82 Å². The number of benzene rings is 1. The van der Waals surface area contributed by atoms with Gasteiger partial charge in [0.15, 0.2) is 11.6 Å². The number of anilines is 3. The fraction of sp³-hybridized carbons (Fsp3) is 0.208. The second-order valence-corrected chi connectivity index (χ2v) is 9.89. The predicted molar refractivity (Wildman–Crippen MR) is 133 cm³/mol. The molecular formula is C24H23N7O4S. The van der Waals surface area contributed by atoms with Crippen LogP contribution in [0.1, 0.15) is 12.8 Å². The fourth-order valence-electron chi connectivity index (χ4n) is 3.91. The van der Waals surface area contributed by atoms with Gasteiger partial charge in [-0.2, -0.15) is 0 Å². The number of hydrogen-bond acceptors (Lipinski definition) is 9. The zero-order valence-electron chi connectivity index (χ0n) is 19.1. The highest BCUT2D eigenvalue weighted by Gasteiger charge is 2.26. The van der Waals surface area contributed by atoms with Crippen LogP contribution < -0.4 is 14.9 Å². The quantitative estimate of drug-likeness (QED) is 0.387. The van der Waals surface area contributed by atoms with Crippen LogP contribution in [-0.4, -0.2) is 47.6 Å². The molecule has 36 heavy (non-hydrogen) atoms. The second-order valence-electron chi connectivity index (χ2n) is 8.21. The maximum atomic E-state index is 12.8. The summed E-state index contributed by atoms with van der Waals surface area (Å²) in [4.78, 5) is 22.7. The van der Waals surface area contributed by atoms with Crippen LogP contribution in [0.4, 0.5) is 17.5 Å². The lowest BCUT2D eigenvalue weighted by molar-refractivity contribution is -0.120. The van der Waals surface area contributed by atoms with Crippen LogP contribution in [0.3, 0.4) is 0 Å². The van der Waals surface area contributed by atoms with Gasteiger partial charge < -0.3 is 14.6 Å². The Morgan fingerprint density at radius 2 is 1.69 bits per heavy atom. The van der Waals surface area contributed by atoms with Crippen molar-refractivity contribution in [3.05, 3.63) is 73.3 Å². The van der Waals surface area contributed by atoms with E-state index in [2.05, 4.69) is 35.1 Å². The largest absolute Gasteiger partial charge is 0.463 e. The minimum atomic E-state index is -3.84. The van der Waals surface area contributed by atoms with E-state index in [9.17, 15) is 13.2 Å². The van der Waals surface area contributed by atoms with E-state index in [1.807, 2.05) is 18.2 Å². The summed E-state index contributed by atoms with van der Waals surface area (Å²) in [5.41, 5.74) is 1.19. The van der Waals surface area contributed by atoms with Gasteiger partial charge in [0.25, 0.3) is 10.0 Å². The number of nitrogens with zero attached hydrogens (tertiary/aromatic N) is 5. The van der Waals surface area contributed by atoms with Gasteiger partial charge in [-0.15, -0.1) is 10.2 Å². The van der Waals surface area contributed by atoms with E-state index < -0.39 is 10.0 Å². The SMILES string of the molecule is O=C(Nc1ccc(S(=O)(=O)Nc2ncccn2)cc1)C1CCN(c2ccc(-c3ccco3)nn2)CC1. The Hall–Kier alpha value is -4.32. The summed E-state index contributed by atoms with van der Waals surface area (Å²) in [6.07, 6.45) is 5.82. The van der Waals surface area contributed by atoms with Crippen molar-refractivity contribution < 1.29 is 17.6 Å². The topological polar surface area (TPSA) is 143 Å². The van der Waals surface area contributed by atoms with Crippen molar-refractivity contribution >= 4 is 33.4 Å². The fourth-order valence-corrected chi connectivity index (χ4v) is 4.87. The number of nitrogens with one attached hydrogen (secondary N) is 2. The lowest BCUT2D eigenvalue weighted by Gasteiger charge is -2.31. The summed E-state index contributed by atoms with van der Waals surface area (Å²) < 4.78 is 32.7. The van der Waals surface area contributed by atoms with Crippen LogP contribution in [0.25, 0.3) is 11.5 Å². The summed E-state index contributed by atoms with van der Waals surface area (Å²) in [5, 5.41) is 11.4. The number of rotatable bonds is 7. The highest BCUT2D eigenvalue weighted by Crippen LogP contribution is 2.25. The maximum absolute atomic E-state index is 12.8. The number of furan rings is 1. The van der Waals surface area contributed by atoms with E-state index in [1.54, 1.807) is 30.5 Å². The molecule has 0 unspecified atom stereocenters. The Labute approximate surface area is 207 Å². The summed E-state index contributed by atoms with van der Waals surface area (Å²) in [6, 6.07) is 15.0. The van der Waals surface area contributed by atoms with Gasteiger partial charge in [-0.05, 0) is 67.4 Å². The normalized spacial score (nSPS) is 14.4. The van der Waals surface area contributed by atoms with Gasteiger partial charge in [-0.1, -0.05) is 0 Å². The Morgan fingerprint density at radius 3 is 2.33 bits per heavy atom. The molecule has 1 fully saturated rings. The van der Waals surface area contributed by atoms with E-state index in [4.69, 9.17) is 4.42 Å². The Kier molecular flexibility index (Phi) is 6.58. The van der Waals surface area contributed by atoms with Crippen LogP contribution in [0, 0.1) is 5.92 Å². The number of carbonyl (C=O) groups is 1. The zero-order valence-corrected chi connectivity index (χ0v) is 19.9. The van der Waals surface area contributed by atoms with Crippen LogP contribution in [0.2, 0.25) is 0 Å². The van der Waals surface area contributed by atoms with Crippen molar-refractivity contribution in [1.82, 2.24) is 20.2 Å². The first kappa shape index (κ1) is 23.4. The predicted octanol–water partition coefficient (Wildman–Crippen LogP) is 3.18. The van der Waals surface area contributed by atoms with Crippen molar-refractivity contribution in [3.8, 4) is 11.5 Å². The van der Waals surface area contributed by atoms with E-state index in [1.165, 1.54) is 24.5 Å². The molecule has 1 amide bonds. The molecule has 11 nitrogen and oxygen atoms in total. The van der Waals surface area contributed by atoms with Crippen molar-refractivity contribution in [2.45, 2.75) is 17.7 Å². The molecule has 1 aromatic carbocycles. The standard InChI is InChI=1S/C24H23N7O4S/c32-23(27-18-4-6-19(7-5-18)36(33,34)30-24-25-12-2-13-26-24)17-10-14-31(15-11-17)22-9-8-20(28-29-22)21-3-1-16-35-21/h1-9,12-13,16-17H,10-11,14-15H2,(H,27,32)(H,25,26,30). The molecule has 184 valence electrons. The number of carbonyl (C=O) groups excluding carboxylic acids is 1. The monoisotopic (exact) mass is 505 g/mol. The Morgan fingerprint density at radius 1 is 0.944 bits per heavy atom. The molecule has 4 aromatic rings. The van der Waals surface area contributed by atoms with E-state index in [-0.39, 0.29) is 22.7 Å². The van der Waals surface area contributed by atoms with Crippen LogP contribution in [-0.2, 0) is 14.8 Å². The molecule has 0 atom stereocenters. The smallest absolute Gasteiger partial charge is 0.264 e. The van der Waals surface area contributed by atoms with Crippen molar-refractivity contribution in [2.24, 2.45) is 5.92 Å². The van der Waals surface area contributed by atoms with Gasteiger partial charge in [-0.3, -0.25) is 4.79 Å². The van der Waals surface area contributed by atoms with Gasteiger partial charge >= 0.3 is 0 Å². The third kappa shape index (κ3) is 5.33. The average Bonchev–Trinajstić information content (AvgIpc) is 3.45. The zero-order chi connectivity index (χ0) is 25.0. The van der Waals surface area contributed by atoms with E-state index in [0.29, 0.717) is 43.1 Å². The van der Waals surface area contributed by atoms with Crippen LogP contribution >= 0.6 is 0 Å². The highest BCUT2D eigenvalue weighted by molar-refractivity contribution is 7.92. The van der Waals surface area contributed by atoms with Gasteiger partial charge in [-0.25, -0.2) is 23.1 Å². The number of piperidine rings is 1. The summed E-state index contributed by atoms with van der Waals surface area (Å²) in [7, 11) is -3.84. The first-order valence-corrected chi connectivity index (χ1v) is 12.8.